The van der Waals surface area contributed by atoms with Gasteiger partial charge in [-0.25, -0.2) is 4.39 Å². The van der Waals surface area contributed by atoms with Gasteiger partial charge in [-0.05, 0) is 42.9 Å². The van der Waals surface area contributed by atoms with Crippen LogP contribution in [0.4, 0.5) is 15.8 Å². The van der Waals surface area contributed by atoms with Crippen molar-refractivity contribution in [2.45, 2.75) is 6.54 Å². The van der Waals surface area contributed by atoms with Crippen molar-refractivity contribution in [1.82, 2.24) is 5.32 Å². The van der Waals surface area contributed by atoms with Crippen LogP contribution in [0.3, 0.4) is 0 Å². The average Bonchev–Trinajstić information content (AvgIpc) is 2.40. The predicted octanol–water partition coefficient (Wildman–Crippen LogP) is 3.97. The third-order valence-electron chi connectivity index (χ3n) is 2.99. The molecule has 0 amide bonds. The van der Waals surface area contributed by atoms with Crippen molar-refractivity contribution < 1.29 is 4.39 Å². The van der Waals surface area contributed by atoms with Gasteiger partial charge >= 0.3 is 0 Å². The first-order valence-electron chi connectivity index (χ1n) is 6.04. The molecule has 2 aromatic carbocycles. The molecule has 0 aliphatic carbocycles. The molecule has 0 radical (unpaired) electrons. The lowest BCUT2D eigenvalue weighted by atomic mass is 10.2. The molecule has 0 heterocycles. The molecule has 4 heteroatoms. The molecule has 0 atom stereocenters. The van der Waals surface area contributed by atoms with Gasteiger partial charge in [-0.3, -0.25) is 0 Å². The maximum atomic E-state index is 13.2. The van der Waals surface area contributed by atoms with Crippen LogP contribution in [-0.4, -0.2) is 14.1 Å². The van der Waals surface area contributed by atoms with E-state index < -0.39 is 0 Å². The van der Waals surface area contributed by atoms with Crippen molar-refractivity contribution in [2.75, 3.05) is 19.0 Å². The summed E-state index contributed by atoms with van der Waals surface area (Å²) in [6.07, 6.45) is 0. The predicted molar refractivity (Wildman–Crippen MR) is 78.7 cm³/mol. The van der Waals surface area contributed by atoms with Crippen molar-refractivity contribution in [3.05, 3.63) is 58.9 Å². The number of benzene rings is 2. The fourth-order valence-corrected chi connectivity index (χ4v) is 2.15. The highest BCUT2D eigenvalue weighted by Gasteiger charge is 2.07. The highest BCUT2D eigenvalue weighted by Crippen LogP contribution is 2.28. The van der Waals surface area contributed by atoms with Gasteiger partial charge in [0.1, 0.15) is 5.82 Å². The van der Waals surface area contributed by atoms with Crippen LogP contribution in [0.15, 0.2) is 42.5 Å². The summed E-state index contributed by atoms with van der Waals surface area (Å²) in [4.78, 5) is 1.90. The van der Waals surface area contributed by atoms with Gasteiger partial charge in [0, 0.05) is 30.0 Å². The Labute approximate surface area is 117 Å². The summed E-state index contributed by atoms with van der Waals surface area (Å²) in [7, 11) is 3.77. The third kappa shape index (κ3) is 3.25. The standard InChI is InChI=1S/C15H16ClFN2/c1-18-10-11-6-7-14(9-15(11)16)19(2)13-5-3-4-12(17)8-13/h3-9,18H,10H2,1-2H3. The molecule has 0 unspecified atom stereocenters. The van der Waals surface area contributed by atoms with Crippen LogP contribution in [0.25, 0.3) is 0 Å². The second-order valence-corrected chi connectivity index (χ2v) is 4.75. The molecule has 0 aliphatic heterocycles. The minimum atomic E-state index is -0.248. The van der Waals surface area contributed by atoms with E-state index in [4.69, 9.17) is 11.6 Å². The Bertz CT molecular complexity index is 572. The second kappa shape index (κ2) is 6.04. The molecule has 2 nitrogen and oxygen atoms in total. The van der Waals surface area contributed by atoms with E-state index in [0.29, 0.717) is 5.02 Å². The van der Waals surface area contributed by atoms with Crippen LogP contribution < -0.4 is 10.2 Å². The number of rotatable bonds is 4. The van der Waals surface area contributed by atoms with Crippen molar-refractivity contribution >= 4 is 23.0 Å². The summed E-state index contributed by atoms with van der Waals surface area (Å²) in [6.45, 7) is 0.725. The summed E-state index contributed by atoms with van der Waals surface area (Å²) in [5.74, 6) is -0.248. The van der Waals surface area contributed by atoms with Gasteiger partial charge in [-0.1, -0.05) is 23.7 Å². The number of anilines is 2. The Morgan fingerprint density at radius 1 is 1.16 bits per heavy atom. The van der Waals surface area contributed by atoms with E-state index >= 15 is 0 Å². The topological polar surface area (TPSA) is 15.3 Å². The average molecular weight is 279 g/mol. The minimum Gasteiger partial charge on any atom is -0.344 e. The van der Waals surface area contributed by atoms with Crippen molar-refractivity contribution in [1.29, 1.82) is 0 Å². The first kappa shape index (κ1) is 13.8. The third-order valence-corrected chi connectivity index (χ3v) is 3.34. The molecule has 0 saturated heterocycles. The zero-order valence-corrected chi connectivity index (χ0v) is 11.7. The molecule has 0 fully saturated rings. The lowest BCUT2D eigenvalue weighted by Crippen LogP contribution is -2.10. The lowest BCUT2D eigenvalue weighted by Gasteiger charge is -2.20. The first-order chi connectivity index (χ1) is 9.11. The molecule has 0 spiro atoms. The highest BCUT2D eigenvalue weighted by atomic mass is 35.5. The largest absolute Gasteiger partial charge is 0.344 e. The van der Waals surface area contributed by atoms with E-state index in [2.05, 4.69) is 5.32 Å². The summed E-state index contributed by atoms with van der Waals surface area (Å²) in [5, 5.41) is 3.77. The fourth-order valence-electron chi connectivity index (χ4n) is 1.91. The minimum absolute atomic E-state index is 0.248. The van der Waals surface area contributed by atoms with Gasteiger partial charge in [0.25, 0.3) is 0 Å². The molecule has 0 saturated carbocycles. The Balaban J connectivity index is 2.29. The molecule has 0 aliphatic rings. The van der Waals surface area contributed by atoms with Crippen molar-refractivity contribution in [2.24, 2.45) is 0 Å². The molecular weight excluding hydrogens is 263 g/mol. The van der Waals surface area contributed by atoms with Gasteiger partial charge in [0.15, 0.2) is 0 Å². The number of hydrogen-bond acceptors (Lipinski definition) is 2. The fraction of sp³-hybridized carbons (Fsp3) is 0.200. The monoisotopic (exact) mass is 278 g/mol. The molecule has 0 aromatic heterocycles. The van der Waals surface area contributed by atoms with E-state index in [1.807, 2.05) is 43.3 Å². The van der Waals surface area contributed by atoms with Crippen LogP contribution in [-0.2, 0) is 6.54 Å². The molecule has 19 heavy (non-hydrogen) atoms. The molecule has 1 N–H and O–H groups in total. The van der Waals surface area contributed by atoms with Crippen LogP contribution in [0.2, 0.25) is 5.02 Å². The number of nitrogens with one attached hydrogen (secondary N) is 1. The quantitative estimate of drug-likeness (QED) is 0.910. The van der Waals surface area contributed by atoms with Gasteiger partial charge in [-0.2, -0.15) is 0 Å². The molecule has 2 rings (SSSR count). The van der Waals surface area contributed by atoms with Gasteiger partial charge in [0.2, 0.25) is 0 Å². The summed E-state index contributed by atoms with van der Waals surface area (Å²) >= 11 is 6.23. The molecule has 0 bridgehead atoms. The SMILES string of the molecule is CNCc1ccc(N(C)c2cccc(F)c2)cc1Cl. The van der Waals surface area contributed by atoms with Crippen molar-refractivity contribution in [3.63, 3.8) is 0 Å². The smallest absolute Gasteiger partial charge is 0.125 e. The lowest BCUT2D eigenvalue weighted by molar-refractivity contribution is 0.628. The summed E-state index contributed by atoms with van der Waals surface area (Å²) in [6, 6.07) is 12.3. The summed E-state index contributed by atoms with van der Waals surface area (Å²) in [5.41, 5.74) is 2.76. The maximum absolute atomic E-state index is 13.2. The number of halogens is 2. The Morgan fingerprint density at radius 3 is 2.53 bits per heavy atom. The van der Waals surface area contributed by atoms with E-state index in [9.17, 15) is 4.39 Å². The normalized spacial score (nSPS) is 10.5. The summed E-state index contributed by atoms with van der Waals surface area (Å²) < 4.78 is 13.2. The van der Waals surface area contributed by atoms with Crippen LogP contribution in [0.1, 0.15) is 5.56 Å². The van der Waals surface area contributed by atoms with Crippen LogP contribution >= 0.6 is 11.6 Å². The van der Waals surface area contributed by atoms with Crippen molar-refractivity contribution in [3.8, 4) is 0 Å². The second-order valence-electron chi connectivity index (χ2n) is 4.34. The van der Waals surface area contributed by atoms with E-state index in [0.717, 1.165) is 23.5 Å². The molecule has 2 aromatic rings. The van der Waals surface area contributed by atoms with Crippen LogP contribution in [0.5, 0.6) is 0 Å². The zero-order chi connectivity index (χ0) is 13.8. The molecular formula is C15H16ClFN2. The zero-order valence-electron chi connectivity index (χ0n) is 11.0. The Kier molecular flexibility index (Phi) is 4.40. The Morgan fingerprint density at radius 2 is 1.89 bits per heavy atom. The number of hydrogen-bond donors (Lipinski definition) is 1. The Hall–Kier alpha value is -1.58. The van der Waals surface area contributed by atoms with Gasteiger partial charge < -0.3 is 10.2 Å². The van der Waals surface area contributed by atoms with Gasteiger partial charge in [0.05, 0.1) is 0 Å². The van der Waals surface area contributed by atoms with E-state index in [1.165, 1.54) is 12.1 Å². The maximum Gasteiger partial charge on any atom is 0.125 e. The van der Waals surface area contributed by atoms with E-state index in [1.54, 1.807) is 6.07 Å². The first-order valence-corrected chi connectivity index (χ1v) is 6.42. The van der Waals surface area contributed by atoms with Gasteiger partial charge in [-0.15, -0.1) is 0 Å². The van der Waals surface area contributed by atoms with E-state index in [-0.39, 0.29) is 5.82 Å². The van der Waals surface area contributed by atoms with Crippen LogP contribution in [0, 0.1) is 5.82 Å². The highest BCUT2D eigenvalue weighted by molar-refractivity contribution is 6.31. The molecule has 100 valence electrons. The number of nitrogens with zero attached hydrogens (tertiary/aromatic N) is 1.